The van der Waals surface area contributed by atoms with Gasteiger partial charge in [-0.3, -0.25) is 14.4 Å². The average Bonchev–Trinajstić information content (AvgIpc) is 3.00. The first-order valence-corrected chi connectivity index (χ1v) is 7.38. The molecule has 0 radical (unpaired) electrons. The normalized spacial score (nSPS) is 18.0. The Balaban J connectivity index is 2.08. The van der Waals surface area contributed by atoms with Crippen molar-refractivity contribution in [2.45, 2.75) is 6.92 Å². The predicted octanol–water partition coefficient (Wildman–Crippen LogP) is 3.66. The lowest BCUT2D eigenvalue weighted by Crippen LogP contribution is -2.05. The monoisotopic (exact) mass is 300 g/mol. The Hall–Kier alpha value is -3.07. The fourth-order valence-corrected chi connectivity index (χ4v) is 3.33. The van der Waals surface area contributed by atoms with E-state index in [0.717, 1.165) is 0 Å². The molecule has 23 heavy (non-hydrogen) atoms. The lowest BCUT2D eigenvalue weighted by molar-refractivity contribution is 0.0989. The van der Waals surface area contributed by atoms with Gasteiger partial charge in [-0.25, -0.2) is 0 Å². The van der Waals surface area contributed by atoms with Crippen molar-refractivity contribution in [2.24, 2.45) is 0 Å². The van der Waals surface area contributed by atoms with Crippen LogP contribution in [0.25, 0.3) is 5.57 Å². The number of benzene rings is 2. The Morgan fingerprint density at radius 2 is 1.04 bits per heavy atom. The van der Waals surface area contributed by atoms with Gasteiger partial charge >= 0.3 is 0 Å². The Labute approximate surface area is 133 Å². The fraction of sp³-hybridized carbons (Fsp3) is 0.0500. The van der Waals surface area contributed by atoms with Crippen LogP contribution in [0.1, 0.15) is 43.6 Å². The summed E-state index contributed by atoms with van der Waals surface area (Å²) in [5.74, 6) is -0.740. The number of carbonyl (C=O) groups is 3. The molecule has 0 amide bonds. The Morgan fingerprint density at radius 3 is 1.52 bits per heavy atom. The van der Waals surface area contributed by atoms with Gasteiger partial charge in [-0.15, -0.1) is 0 Å². The van der Waals surface area contributed by atoms with Crippen LogP contribution in [0.15, 0.2) is 65.8 Å². The molecule has 0 aliphatic heterocycles. The largest absolute Gasteiger partial charge is 0.289 e. The lowest BCUT2D eigenvalue weighted by atomic mass is 9.95. The van der Waals surface area contributed by atoms with Gasteiger partial charge in [0.15, 0.2) is 17.3 Å². The molecule has 0 aromatic heterocycles. The average molecular weight is 300 g/mol. The zero-order valence-corrected chi connectivity index (χ0v) is 12.4. The zero-order chi connectivity index (χ0) is 16.1. The van der Waals surface area contributed by atoms with E-state index >= 15 is 0 Å². The summed E-state index contributed by atoms with van der Waals surface area (Å²) in [6.45, 7) is 1.75. The molecule has 2 aliphatic rings. The molecule has 3 nitrogen and oxygen atoms in total. The van der Waals surface area contributed by atoms with E-state index in [-0.39, 0.29) is 22.9 Å². The molecule has 0 saturated heterocycles. The molecule has 4 rings (SSSR count). The van der Waals surface area contributed by atoms with Crippen LogP contribution in [0.2, 0.25) is 0 Å². The molecule has 3 heteroatoms. The van der Waals surface area contributed by atoms with Crippen molar-refractivity contribution in [3.05, 3.63) is 88.0 Å². The van der Waals surface area contributed by atoms with E-state index in [4.69, 9.17) is 0 Å². The Kier molecular flexibility index (Phi) is 2.78. The van der Waals surface area contributed by atoms with Crippen molar-refractivity contribution in [3.8, 4) is 0 Å². The van der Waals surface area contributed by atoms with E-state index in [9.17, 15) is 14.4 Å². The molecule has 0 N–H and O–H groups in total. The molecular formula is C20H12O3. The quantitative estimate of drug-likeness (QED) is 0.551. The summed E-state index contributed by atoms with van der Waals surface area (Å²) in [6, 6.07) is 13.9. The molecule has 2 aromatic rings. The van der Waals surface area contributed by atoms with E-state index in [0.29, 0.717) is 33.4 Å². The number of carbonyl (C=O) groups excluding carboxylic acids is 3. The smallest absolute Gasteiger partial charge is 0.198 e. The first-order chi connectivity index (χ1) is 11.1. The summed E-state index contributed by atoms with van der Waals surface area (Å²) < 4.78 is 0. The van der Waals surface area contributed by atoms with Crippen molar-refractivity contribution in [2.75, 3.05) is 0 Å². The molecule has 0 atom stereocenters. The summed E-state index contributed by atoms with van der Waals surface area (Å²) in [4.78, 5) is 38.1. The number of allylic oxidation sites excluding steroid dienone is 4. The van der Waals surface area contributed by atoms with Gasteiger partial charge in [0.2, 0.25) is 0 Å². The van der Waals surface area contributed by atoms with E-state index in [1.54, 1.807) is 55.5 Å². The maximum Gasteiger partial charge on any atom is 0.198 e. The highest BCUT2D eigenvalue weighted by Crippen LogP contribution is 2.42. The first kappa shape index (κ1) is 13.6. The Bertz CT molecular complexity index is 937. The third-order valence-electron chi connectivity index (χ3n) is 4.36. The first-order valence-electron chi connectivity index (χ1n) is 7.38. The number of hydrogen-bond acceptors (Lipinski definition) is 3. The Morgan fingerprint density at radius 1 is 0.609 bits per heavy atom. The van der Waals surface area contributed by atoms with Crippen LogP contribution in [0, 0.1) is 0 Å². The predicted molar refractivity (Wildman–Crippen MR) is 86.6 cm³/mol. The van der Waals surface area contributed by atoms with Crippen molar-refractivity contribution >= 4 is 22.9 Å². The van der Waals surface area contributed by atoms with Crippen molar-refractivity contribution < 1.29 is 14.4 Å². The van der Waals surface area contributed by atoms with E-state index in [1.165, 1.54) is 0 Å². The second-order valence-corrected chi connectivity index (χ2v) is 5.53. The molecule has 2 aromatic carbocycles. The zero-order valence-electron chi connectivity index (χ0n) is 12.4. The standard InChI is InChI=1S/C20H12O3/c1-2-11-16(12-7-3-4-8-13(12)18(11)21)17-19(22)14-9-5-6-10-15(14)20(17)23/h2-10H,1H3/b11-2-. The van der Waals surface area contributed by atoms with Gasteiger partial charge in [-0.1, -0.05) is 54.6 Å². The van der Waals surface area contributed by atoms with E-state index < -0.39 is 0 Å². The van der Waals surface area contributed by atoms with Crippen molar-refractivity contribution in [1.29, 1.82) is 0 Å². The minimum atomic E-state index is -0.301. The van der Waals surface area contributed by atoms with Crippen molar-refractivity contribution in [1.82, 2.24) is 0 Å². The number of fused-ring (bicyclic) bond motifs is 2. The van der Waals surface area contributed by atoms with Gasteiger partial charge in [0.1, 0.15) is 0 Å². The van der Waals surface area contributed by atoms with Gasteiger partial charge in [-0.05, 0) is 12.5 Å². The van der Waals surface area contributed by atoms with Gasteiger partial charge in [-0.2, -0.15) is 0 Å². The van der Waals surface area contributed by atoms with Gasteiger partial charge in [0, 0.05) is 27.8 Å². The SMILES string of the molecule is C/C=C1\C(=O)c2ccccc2C1=C1C(=O)c2ccccc2C1=O. The van der Waals surface area contributed by atoms with Crippen LogP contribution in [0.5, 0.6) is 0 Å². The highest BCUT2D eigenvalue weighted by Gasteiger charge is 2.40. The number of ketones is 3. The highest BCUT2D eigenvalue weighted by atomic mass is 16.2. The minimum absolute atomic E-state index is 0.109. The number of Topliss-reactive ketones (excluding diaryl/α,β-unsaturated/α-hetero) is 3. The molecular weight excluding hydrogens is 288 g/mol. The van der Waals surface area contributed by atoms with Crippen LogP contribution in [-0.4, -0.2) is 17.3 Å². The lowest BCUT2D eigenvalue weighted by Gasteiger charge is -2.05. The van der Waals surface area contributed by atoms with E-state index in [1.807, 2.05) is 6.07 Å². The van der Waals surface area contributed by atoms with Crippen molar-refractivity contribution in [3.63, 3.8) is 0 Å². The molecule has 0 unspecified atom stereocenters. The third-order valence-corrected chi connectivity index (χ3v) is 4.36. The maximum absolute atomic E-state index is 12.8. The summed E-state index contributed by atoms with van der Waals surface area (Å²) in [5, 5.41) is 0. The maximum atomic E-state index is 12.8. The molecule has 110 valence electrons. The van der Waals surface area contributed by atoms with Crippen LogP contribution in [0.4, 0.5) is 0 Å². The van der Waals surface area contributed by atoms with E-state index in [2.05, 4.69) is 0 Å². The van der Waals surface area contributed by atoms with Crippen LogP contribution in [0.3, 0.4) is 0 Å². The molecule has 0 bridgehead atoms. The van der Waals surface area contributed by atoms with Gasteiger partial charge in [0.25, 0.3) is 0 Å². The van der Waals surface area contributed by atoms with Crippen LogP contribution < -0.4 is 0 Å². The minimum Gasteiger partial charge on any atom is -0.289 e. The second kappa shape index (κ2) is 4.71. The topological polar surface area (TPSA) is 51.2 Å². The highest BCUT2D eigenvalue weighted by molar-refractivity contribution is 6.45. The summed E-state index contributed by atoms with van der Waals surface area (Å²) >= 11 is 0. The number of hydrogen-bond donors (Lipinski definition) is 0. The molecule has 0 spiro atoms. The third kappa shape index (κ3) is 1.67. The second-order valence-electron chi connectivity index (χ2n) is 5.53. The van der Waals surface area contributed by atoms with Gasteiger partial charge in [0.05, 0.1) is 5.57 Å². The fourth-order valence-electron chi connectivity index (χ4n) is 3.33. The van der Waals surface area contributed by atoms with Gasteiger partial charge < -0.3 is 0 Å². The summed E-state index contributed by atoms with van der Waals surface area (Å²) in [5.41, 5.74) is 3.03. The molecule has 0 fully saturated rings. The molecule has 2 aliphatic carbocycles. The molecule has 0 saturated carbocycles. The number of rotatable bonds is 0. The summed E-state index contributed by atoms with van der Waals surface area (Å²) in [7, 11) is 0. The molecule has 0 heterocycles. The van der Waals surface area contributed by atoms with Crippen LogP contribution in [-0.2, 0) is 0 Å². The summed E-state index contributed by atoms with van der Waals surface area (Å²) in [6.07, 6.45) is 1.67. The van der Waals surface area contributed by atoms with Crippen LogP contribution >= 0.6 is 0 Å².